The van der Waals surface area contributed by atoms with Gasteiger partial charge in [0.2, 0.25) is 5.75 Å². The van der Waals surface area contributed by atoms with Gasteiger partial charge in [-0.2, -0.15) is 0 Å². The summed E-state index contributed by atoms with van der Waals surface area (Å²) in [5, 5.41) is 0.524. The molecule has 0 spiro atoms. The topological polar surface area (TPSA) is 48.7 Å². The smallest absolute Gasteiger partial charge is 0.205 e. The summed E-state index contributed by atoms with van der Waals surface area (Å²) in [6, 6.07) is 4.87. The Hall–Kier alpha value is -1.97. The summed E-state index contributed by atoms with van der Waals surface area (Å²) in [6.07, 6.45) is 6.02. The molecule has 3 rings (SSSR count). The fourth-order valence-corrected chi connectivity index (χ4v) is 2.55. The first kappa shape index (κ1) is 12.1. The molecular weight excluding hydrogens is 244 g/mol. The van der Waals surface area contributed by atoms with E-state index in [0.717, 1.165) is 12.8 Å². The standard InChI is InChI=1S/C15H16O4/c1-17-13-7-6-11-12(16)8-9-18-14(11)15(13)19-10-4-2-3-5-10/h6-10H,2-5H2,1H3. The van der Waals surface area contributed by atoms with Crippen LogP contribution in [0.2, 0.25) is 0 Å². The lowest BCUT2D eigenvalue weighted by Gasteiger charge is -2.16. The monoisotopic (exact) mass is 260 g/mol. The molecule has 0 unspecified atom stereocenters. The van der Waals surface area contributed by atoms with Crippen LogP contribution in [-0.4, -0.2) is 13.2 Å². The van der Waals surface area contributed by atoms with Crippen molar-refractivity contribution in [2.75, 3.05) is 7.11 Å². The molecule has 4 heteroatoms. The van der Waals surface area contributed by atoms with Crippen LogP contribution in [0.3, 0.4) is 0 Å². The Morgan fingerprint density at radius 3 is 2.74 bits per heavy atom. The lowest BCUT2D eigenvalue weighted by atomic mass is 10.2. The van der Waals surface area contributed by atoms with E-state index in [1.807, 2.05) is 0 Å². The van der Waals surface area contributed by atoms with E-state index < -0.39 is 0 Å². The average molecular weight is 260 g/mol. The number of hydrogen-bond acceptors (Lipinski definition) is 4. The fourth-order valence-electron chi connectivity index (χ4n) is 2.55. The van der Waals surface area contributed by atoms with Gasteiger partial charge in [-0.05, 0) is 37.8 Å². The van der Waals surface area contributed by atoms with E-state index in [-0.39, 0.29) is 11.5 Å². The predicted molar refractivity (Wildman–Crippen MR) is 71.9 cm³/mol. The van der Waals surface area contributed by atoms with E-state index >= 15 is 0 Å². The highest BCUT2D eigenvalue weighted by Crippen LogP contribution is 2.37. The molecule has 0 saturated heterocycles. The number of methoxy groups -OCH3 is 1. The van der Waals surface area contributed by atoms with Crippen LogP contribution in [0, 0.1) is 0 Å². The summed E-state index contributed by atoms with van der Waals surface area (Å²) >= 11 is 0. The molecule has 1 aromatic heterocycles. The Morgan fingerprint density at radius 1 is 1.21 bits per heavy atom. The van der Waals surface area contributed by atoms with E-state index in [2.05, 4.69) is 0 Å². The summed E-state index contributed by atoms with van der Waals surface area (Å²) in [5.41, 5.74) is 0.402. The van der Waals surface area contributed by atoms with Crippen LogP contribution in [0.5, 0.6) is 11.5 Å². The number of hydrogen-bond donors (Lipinski definition) is 0. The Kier molecular flexibility index (Phi) is 3.15. The van der Waals surface area contributed by atoms with Crippen molar-refractivity contribution in [3.63, 3.8) is 0 Å². The third-order valence-corrected chi connectivity index (χ3v) is 3.55. The molecule has 1 aliphatic carbocycles. The second-order valence-electron chi connectivity index (χ2n) is 4.78. The van der Waals surface area contributed by atoms with E-state index in [0.29, 0.717) is 22.5 Å². The molecule has 1 aromatic carbocycles. The third kappa shape index (κ3) is 2.18. The summed E-state index contributed by atoms with van der Waals surface area (Å²) < 4.78 is 16.8. The molecule has 1 aliphatic rings. The van der Waals surface area contributed by atoms with Gasteiger partial charge in [0.25, 0.3) is 0 Å². The molecule has 0 bridgehead atoms. The van der Waals surface area contributed by atoms with Gasteiger partial charge in [-0.15, -0.1) is 0 Å². The maximum absolute atomic E-state index is 11.8. The van der Waals surface area contributed by atoms with Crippen molar-refractivity contribution in [2.24, 2.45) is 0 Å². The Balaban J connectivity index is 2.12. The van der Waals surface area contributed by atoms with Gasteiger partial charge in [0, 0.05) is 6.07 Å². The second kappa shape index (κ2) is 4.96. The maximum Gasteiger partial charge on any atom is 0.205 e. The molecule has 0 aliphatic heterocycles. The Bertz CT molecular complexity index is 638. The molecule has 4 nitrogen and oxygen atoms in total. The molecule has 0 N–H and O–H groups in total. The van der Waals surface area contributed by atoms with E-state index in [4.69, 9.17) is 13.9 Å². The van der Waals surface area contributed by atoms with Crippen molar-refractivity contribution in [1.29, 1.82) is 0 Å². The Labute approximate surface area is 110 Å². The summed E-state index contributed by atoms with van der Waals surface area (Å²) in [4.78, 5) is 11.8. The minimum Gasteiger partial charge on any atom is -0.493 e. The fraction of sp³-hybridized carbons (Fsp3) is 0.400. The van der Waals surface area contributed by atoms with Crippen LogP contribution in [0.4, 0.5) is 0 Å². The summed E-state index contributed by atoms with van der Waals surface area (Å²) in [7, 11) is 1.59. The van der Waals surface area contributed by atoms with E-state index in [9.17, 15) is 4.79 Å². The van der Waals surface area contributed by atoms with E-state index in [1.54, 1.807) is 19.2 Å². The number of fused-ring (bicyclic) bond motifs is 1. The Morgan fingerprint density at radius 2 is 2.00 bits per heavy atom. The maximum atomic E-state index is 11.8. The average Bonchev–Trinajstić information content (AvgIpc) is 2.93. The number of ether oxygens (including phenoxy) is 2. The lowest BCUT2D eigenvalue weighted by Crippen LogP contribution is -2.12. The highest BCUT2D eigenvalue weighted by atomic mass is 16.5. The van der Waals surface area contributed by atoms with Gasteiger partial charge in [-0.25, -0.2) is 0 Å². The summed E-state index contributed by atoms with van der Waals surface area (Å²) in [6.45, 7) is 0. The molecular formula is C15H16O4. The minimum atomic E-state index is -0.0693. The molecule has 100 valence electrons. The predicted octanol–water partition coefficient (Wildman–Crippen LogP) is 3.12. The first-order valence-electron chi connectivity index (χ1n) is 6.55. The van der Waals surface area contributed by atoms with E-state index in [1.165, 1.54) is 25.2 Å². The van der Waals surface area contributed by atoms with Gasteiger partial charge in [-0.3, -0.25) is 4.79 Å². The zero-order valence-corrected chi connectivity index (χ0v) is 10.8. The normalized spacial score (nSPS) is 15.8. The first-order valence-corrected chi connectivity index (χ1v) is 6.55. The lowest BCUT2D eigenvalue weighted by molar-refractivity contribution is 0.201. The second-order valence-corrected chi connectivity index (χ2v) is 4.78. The van der Waals surface area contributed by atoms with Crippen LogP contribution in [0.1, 0.15) is 25.7 Å². The van der Waals surface area contributed by atoms with Gasteiger partial charge in [0.1, 0.15) is 0 Å². The molecule has 0 radical (unpaired) electrons. The van der Waals surface area contributed by atoms with Crippen molar-refractivity contribution in [2.45, 2.75) is 31.8 Å². The molecule has 1 saturated carbocycles. The van der Waals surface area contributed by atoms with Gasteiger partial charge in [0.05, 0.1) is 24.9 Å². The molecule has 1 fully saturated rings. The van der Waals surface area contributed by atoms with Gasteiger partial charge < -0.3 is 13.9 Å². The number of rotatable bonds is 3. The quantitative estimate of drug-likeness (QED) is 0.850. The van der Waals surface area contributed by atoms with Crippen LogP contribution in [0.25, 0.3) is 11.0 Å². The van der Waals surface area contributed by atoms with Crippen molar-refractivity contribution >= 4 is 11.0 Å². The van der Waals surface area contributed by atoms with Gasteiger partial charge in [0.15, 0.2) is 16.8 Å². The third-order valence-electron chi connectivity index (χ3n) is 3.55. The van der Waals surface area contributed by atoms with Crippen molar-refractivity contribution in [3.8, 4) is 11.5 Å². The van der Waals surface area contributed by atoms with Gasteiger partial charge >= 0.3 is 0 Å². The molecule has 0 amide bonds. The van der Waals surface area contributed by atoms with Crippen molar-refractivity contribution < 1.29 is 13.9 Å². The minimum absolute atomic E-state index is 0.0693. The number of benzene rings is 1. The summed E-state index contributed by atoms with van der Waals surface area (Å²) in [5.74, 6) is 1.15. The first-order chi connectivity index (χ1) is 9.29. The molecule has 0 atom stereocenters. The largest absolute Gasteiger partial charge is 0.493 e. The zero-order valence-electron chi connectivity index (χ0n) is 10.8. The van der Waals surface area contributed by atoms with Gasteiger partial charge in [-0.1, -0.05) is 0 Å². The highest BCUT2D eigenvalue weighted by Gasteiger charge is 2.21. The van der Waals surface area contributed by atoms with Crippen LogP contribution in [0.15, 0.2) is 33.7 Å². The molecule has 1 heterocycles. The van der Waals surface area contributed by atoms with Crippen LogP contribution < -0.4 is 14.9 Å². The van der Waals surface area contributed by atoms with Crippen molar-refractivity contribution in [1.82, 2.24) is 0 Å². The molecule has 19 heavy (non-hydrogen) atoms. The zero-order chi connectivity index (χ0) is 13.2. The molecule has 2 aromatic rings. The highest BCUT2D eigenvalue weighted by molar-refractivity contribution is 5.85. The van der Waals surface area contributed by atoms with Crippen LogP contribution >= 0.6 is 0 Å². The van der Waals surface area contributed by atoms with Crippen molar-refractivity contribution in [3.05, 3.63) is 34.7 Å². The SMILES string of the molecule is COc1ccc2c(=O)ccoc2c1OC1CCCC1. The van der Waals surface area contributed by atoms with Crippen LogP contribution in [-0.2, 0) is 0 Å².